The molecule has 0 bridgehead atoms. The second-order valence-electron chi connectivity index (χ2n) is 1.49. The first-order chi connectivity index (χ1) is 4.85. The van der Waals surface area contributed by atoms with Crippen molar-refractivity contribution < 1.29 is 0 Å². The molecule has 0 radical (unpaired) electrons. The Morgan fingerprint density at radius 1 is 1.20 bits per heavy atom. The molecule has 58 valence electrons. The van der Waals surface area contributed by atoms with E-state index < -0.39 is 0 Å². The van der Waals surface area contributed by atoms with E-state index in [1.807, 2.05) is 52.0 Å². The van der Waals surface area contributed by atoms with Gasteiger partial charge in [0.1, 0.15) is 0 Å². The Morgan fingerprint density at radius 2 is 1.70 bits per heavy atom. The Morgan fingerprint density at radius 3 is 1.80 bits per heavy atom. The van der Waals surface area contributed by atoms with E-state index in [4.69, 9.17) is 0 Å². The first-order valence-electron chi connectivity index (χ1n) is 3.76. The Hall–Kier alpha value is -0.780. The van der Waals surface area contributed by atoms with Gasteiger partial charge >= 0.3 is 0 Å². The molecule has 0 unspecified atom stereocenters. The van der Waals surface area contributed by atoms with E-state index in [1.54, 1.807) is 0 Å². The van der Waals surface area contributed by atoms with E-state index in [1.165, 1.54) is 5.57 Å². The monoisotopic (exact) mass is 138 g/mol. The minimum absolute atomic E-state index is 1.17. The van der Waals surface area contributed by atoms with Crippen molar-refractivity contribution in [1.29, 1.82) is 0 Å². The first-order valence-corrected chi connectivity index (χ1v) is 3.76. The van der Waals surface area contributed by atoms with Crippen molar-refractivity contribution in [2.45, 2.75) is 27.7 Å². The van der Waals surface area contributed by atoms with E-state index in [-0.39, 0.29) is 0 Å². The molecular weight excluding hydrogens is 120 g/mol. The fourth-order valence-corrected chi connectivity index (χ4v) is 0.475. The zero-order valence-electron chi connectivity index (χ0n) is 7.52. The van der Waals surface area contributed by atoms with Gasteiger partial charge in [-0.05, 0) is 19.4 Å². The van der Waals surface area contributed by atoms with Crippen LogP contribution in [0, 0.1) is 0 Å². The van der Waals surface area contributed by atoms with Crippen LogP contribution in [-0.4, -0.2) is 0 Å². The van der Waals surface area contributed by atoms with Crippen molar-refractivity contribution in [1.82, 2.24) is 0 Å². The van der Waals surface area contributed by atoms with Gasteiger partial charge in [0.15, 0.2) is 0 Å². The van der Waals surface area contributed by atoms with E-state index >= 15 is 0 Å². The van der Waals surface area contributed by atoms with E-state index in [2.05, 4.69) is 6.58 Å². The molecule has 0 aromatic heterocycles. The molecule has 0 amide bonds. The van der Waals surface area contributed by atoms with Gasteiger partial charge in [-0.25, -0.2) is 0 Å². The van der Waals surface area contributed by atoms with Crippen LogP contribution in [0.25, 0.3) is 0 Å². The van der Waals surface area contributed by atoms with Gasteiger partial charge in [-0.1, -0.05) is 44.7 Å². The van der Waals surface area contributed by atoms with Crippen molar-refractivity contribution in [2.75, 3.05) is 0 Å². The van der Waals surface area contributed by atoms with Gasteiger partial charge in [-0.3, -0.25) is 0 Å². The topological polar surface area (TPSA) is 0 Å². The highest BCUT2D eigenvalue weighted by atomic mass is 13.8. The molecule has 0 aliphatic heterocycles. The van der Waals surface area contributed by atoms with Crippen LogP contribution in [0.15, 0.2) is 36.5 Å². The maximum absolute atomic E-state index is 3.63. The summed E-state index contributed by atoms with van der Waals surface area (Å²) in [4.78, 5) is 0. The standard InChI is InChI=1S/C8H12.C2H6/c1-4-7-8(5-2)6-3;1-2/h4-7H,2H2,1,3H3;1-2H3/b7-4-,8-6-;. The van der Waals surface area contributed by atoms with Crippen LogP contribution in [0.4, 0.5) is 0 Å². The molecule has 0 heteroatoms. The Kier molecular flexibility index (Phi) is 13.2. The zero-order chi connectivity index (χ0) is 8.41. The van der Waals surface area contributed by atoms with Crippen LogP contribution in [0.3, 0.4) is 0 Å². The first kappa shape index (κ1) is 12.0. The summed E-state index contributed by atoms with van der Waals surface area (Å²) in [6.07, 6.45) is 7.87. The number of rotatable bonds is 2. The fourth-order valence-electron chi connectivity index (χ4n) is 0.475. The summed E-state index contributed by atoms with van der Waals surface area (Å²) in [5.74, 6) is 0. The molecule has 0 spiro atoms. The quantitative estimate of drug-likeness (QED) is 0.510. The van der Waals surface area contributed by atoms with Crippen molar-refractivity contribution in [3.63, 3.8) is 0 Å². The van der Waals surface area contributed by atoms with Crippen molar-refractivity contribution >= 4 is 0 Å². The molecule has 0 rings (SSSR count). The Balaban J connectivity index is 0. The summed E-state index contributed by atoms with van der Waals surface area (Å²) in [5, 5.41) is 0. The average molecular weight is 138 g/mol. The number of hydrogen-bond donors (Lipinski definition) is 0. The SMILES string of the molecule is C=CC(/C=C\C)=C/C.CC. The molecule has 10 heavy (non-hydrogen) atoms. The molecule has 0 heterocycles. The highest BCUT2D eigenvalue weighted by Gasteiger charge is 1.74. The molecule has 0 aromatic rings. The summed E-state index contributed by atoms with van der Waals surface area (Å²) in [6, 6.07) is 0. The summed E-state index contributed by atoms with van der Waals surface area (Å²) >= 11 is 0. The molecule has 0 aliphatic rings. The van der Waals surface area contributed by atoms with Crippen LogP contribution >= 0.6 is 0 Å². The van der Waals surface area contributed by atoms with E-state index in [0.29, 0.717) is 0 Å². The van der Waals surface area contributed by atoms with Crippen molar-refractivity contribution in [3.05, 3.63) is 36.5 Å². The van der Waals surface area contributed by atoms with Crippen molar-refractivity contribution in [2.24, 2.45) is 0 Å². The highest BCUT2D eigenvalue weighted by Crippen LogP contribution is 1.95. The van der Waals surface area contributed by atoms with Gasteiger partial charge in [0.25, 0.3) is 0 Å². The summed E-state index contributed by atoms with van der Waals surface area (Å²) in [7, 11) is 0. The lowest BCUT2D eigenvalue weighted by atomic mass is 10.2. The lowest BCUT2D eigenvalue weighted by Gasteiger charge is -1.84. The summed E-state index contributed by atoms with van der Waals surface area (Å²) < 4.78 is 0. The molecule has 0 atom stereocenters. The minimum atomic E-state index is 1.17. The molecule has 0 N–H and O–H groups in total. The molecule has 0 nitrogen and oxygen atoms in total. The smallest absolute Gasteiger partial charge is 0.0309 e. The Labute approximate surface area is 65.0 Å². The molecule has 0 aromatic carbocycles. The van der Waals surface area contributed by atoms with Gasteiger partial charge < -0.3 is 0 Å². The molecule has 0 saturated heterocycles. The zero-order valence-corrected chi connectivity index (χ0v) is 7.52. The molecule has 0 fully saturated rings. The third-order valence-electron chi connectivity index (χ3n) is 0.928. The Bertz CT molecular complexity index is 116. The second kappa shape index (κ2) is 11.1. The molecular formula is C10H18. The highest BCUT2D eigenvalue weighted by molar-refractivity contribution is 5.27. The third-order valence-corrected chi connectivity index (χ3v) is 0.928. The van der Waals surface area contributed by atoms with Crippen LogP contribution < -0.4 is 0 Å². The van der Waals surface area contributed by atoms with E-state index in [9.17, 15) is 0 Å². The van der Waals surface area contributed by atoms with Crippen LogP contribution in [0.2, 0.25) is 0 Å². The maximum Gasteiger partial charge on any atom is -0.0309 e. The second-order valence-corrected chi connectivity index (χ2v) is 1.49. The largest absolute Gasteiger partial charge is 0.0985 e. The summed E-state index contributed by atoms with van der Waals surface area (Å²) in [5.41, 5.74) is 1.17. The third kappa shape index (κ3) is 7.22. The number of allylic oxidation sites excluding steroid dienone is 5. The van der Waals surface area contributed by atoms with Gasteiger partial charge in [0, 0.05) is 0 Å². The van der Waals surface area contributed by atoms with Gasteiger partial charge in [0.05, 0.1) is 0 Å². The van der Waals surface area contributed by atoms with Gasteiger partial charge in [0.2, 0.25) is 0 Å². The molecule has 0 saturated carbocycles. The van der Waals surface area contributed by atoms with Gasteiger partial charge in [-0.15, -0.1) is 0 Å². The predicted octanol–water partition coefficient (Wildman–Crippen LogP) is 3.72. The van der Waals surface area contributed by atoms with Crippen molar-refractivity contribution in [3.8, 4) is 0 Å². The summed E-state index contributed by atoms with van der Waals surface area (Å²) in [6.45, 7) is 11.6. The maximum atomic E-state index is 3.63. The predicted molar refractivity (Wildman–Crippen MR) is 50.1 cm³/mol. The minimum Gasteiger partial charge on any atom is -0.0985 e. The fraction of sp³-hybridized carbons (Fsp3) is 0.400. The normalized spacial score (nSPS) is 10.6. The lowest BCUT2D eigenvalue weighted by molar-refractivity contribution is 1.50. The number of hydrogen-bond acceptors (Lipinski definition) is 0. The average Bonchev–Trinajstić information content (AvgIpc) is 2.04. The van der Waals surface area contributed by atoms with Gasteiger partial charge in [-0.2, -0.15) is 0 Å². The van der Waals surface area contributed by atoms with Crippen LogP contribution in [0.1, 0.15) is 27.7 Å². The molecule has 0 aliphatic carbocycles. The van der Waals surface area contributed by atoms with Crippen LogP contribution in [0.5, 0.6) is 0 Å². The lowest BCUT2D eigenvalue weighted by Crippen LogP contribution is -1.63. The van der Waals surface area contributed by atoms with Crippen LogP contribution in [-0.2, 0) is 0 Å². The van der Waals surface area contributed by atoms with E-state index in [0.717, 1.165) is 0 Å².